The summed E-state index contributed by atoms with van der Waals surface area (Å²) in [6.07, 6.45) is 0.431. The monoisotopic (exact) mass is 343 g/mol. The van der Waals surface area contributed by atoms with Crippen molar-refractivity contribution in [2.45, 2.75) is 32.2 Å². The number of nitrogens with one attached hydrogen (secondary N) is 1. The predicted octanol–water partition coefficient (Wildman–Crippen LogP) is 2.59. The van der Waals surface area contributed by atoms with Crippen LogP contribution in [0.5, 0.6) is 5.75 Å². The van der Waals surface area contributed by atoms with Gasteiger partial charge < -0.3 is 15.2 Å². The number of ether oxygens (including phenoxy) is 1. The highest BCUT2D eigenvalue weighted by atomic mass is 79.9. The van der Waals surface area contributed by atoms with E-state index in [1.54, 1.807) is 19.1 Å². The van der Waals surface area contributed by atoms with E-state index in [4.69, 9.17) is 9.84 Å². The molecule has 6 heteroatoms. The lowest BCUT2D eigenvalue weighted by atomic mass is 9.99. The van der Waals surface area contributed by atoms with E-state index in [9.17, 15) is 9.59 Å². The number of carboxylic acid groups (broad SMARTS) is 1. The van der Waals surface area contributed by atoms with Crippen molar-refractivity contribution in [3.05, 3.63) is 28.7 Å². The van der Waals surface area contributed by atoms with Gasteiger partial charge in [0.25, 0.3) is 0 Å². The van der Waals surface area contributed by atoms with Gasteiger partial charge in [-0.1, -0.05) is 22.9 Å². The molecule has 1 amide bonds. The minimum Gasteiger partial charge on any atom is -0.493 e. The van der Waals surface area contributed by atoms with E-state index in [2.05, 4.69) is 21.2 Å². The van der Waals surface area contributed by atoms with Crippen molar-refractivity contribution in [2.24, 2.45) is 0 Å². The van der Waals surface area contributed by atoms with E-state index in [0.717, 1.165) is 4.47 Å². The molecule has 0 bridgehead atoms. The molecule has 1 rings (SSSR count). The number of benzene rings is 1. The second-order valence-electron chi connectivity index (χ2n) is 4.59. The van der Waals surface area contributed by atoms with Gasteiger partial charge in [0.05, 0.1) is 13.0 Å². The molecule has 0 aromatic heterocycles. The van der Waals surface area contributed by atoms with E-state index in [1.807, 2.05) is 12.1 Å². The lowest BCUT2D eigenvalue weighted by Gasteiger charge is -2.24. The molecule has 20 heavy (non-hydrogen) atoms. The number of aliphatic carboxylic acids is 1. The molecule has 1 atom stereocenters. The highest BCUT2D eigenvalue weighted by molar-refractivity contribution is 9.10. The van der Waals surface area contributed by atoms with Crippen LogP contribution in [0.1, 0.15) is 26.7 Å². The average Bonchev–Trinajstić information content (AvgIpc) is 2.40. The van der Waals surface area contributed by atoms with Crippen LogP contribution in [0.15, 0.2) is 28.7 Å². The number of carbonyl (C=O) groups excluding carboxylic acids is 1. The Bertz CT molecular complexity index is 475. The molecule has 0 radical (unpaired) electrons. The van der Waals surface area contributed by atoms with Crippen molar-refractivity contribution in [2.75, 3.05) is 6.61 Å². The van der Waals surface area contributed by atoms with E-state index >= 15 is 0 Å². The van der Waals surface area contributed by atoms with Crippen LogP contribution in [0.3, 0.4) is 0 Å². The maximum atomic E-state index is 11.7. The molecule has 0 heterocycles. The van der Waals surface area contributed by atoms with Crippen LogP contribution in [0.25, 0.3) is 0 Å². The molecular formula is C14H18BrNO4. The van der Waals surface area contributed by atoms with Gasteiger partial charge in [0, 0.05) is 4.47 Å². The van der Waals surface area contributed by atoms with Gasteiger partial charge in [0.15, 0.2) is 0 Å². The standard InChI is InChI=1S/C14H18BrNO4/c1-3-14(2,13(18)19)16-12(17)8-9-20-11-6-4-10(15)5-7-11/h4-7H,3,8-9H2,1-2H3,(H,16,17)(H,18,19). The lowest BCUT2D eigenvalue weighted by molar-refractivity contribution is -0.147. The first-order chi connectivity index (χ1) is 9.37. The van der Waals surface area contributed by atoms with E-state index in [-0.39, 0.29) is 18.9 Å². The third-order valence-electron chi connectivity index (χ3n) is 3.01. The topological polar surface area (TPSA) is 75.6 Å². The molecule has 0 saturated carbocycles. The average molecular weight is 344 g/mol. The van der Waals surface area contributed by atoms with Crippen LogP contribution in [0, 0.1) is 0 Å². The first-order valence-corrected chi connectivity index (χ1v) is 7.09. The fraction of sp³-hybridized carbons (Fsp3) is 0.429. The first-order valence-electron chi connectivity index (χ1n) is 6.30. The summed E-state index contributed by atoms with van der Waals surface area (Å²) in [7, 11) is 0. The van der Waals surface area contributed by atoms with Gasteiger partial charge in [-0.3, -0.25) is 4.79 Å². The molecule has 0 spiro atoms. The summed E-state index contributed by atoms with van der Waals surface area (Å²) in [6.45, 7) is 3.41. The smallest absolute Gasteiger partial charge is 0.329 e. The Morgan fingerprint density at radius 1 is 1.35 bits per heavy atom. The molecule has 2 N–H and O–H groups in total. The number of halogens is 1. The van der Waals surface area contributed by atoms with E-state index in [0.29, 0.717) is 12.2 Å². The van der Waals surface area contributed by atoms with E-state index in [1.165, 1.54) is 6.92 Å². The SMILES string of the molecule is CCC(C)(NC(=O)CCOc1ccc(Br)cc1)C(=O)O. The molecule has 0 saturated heterocycles. The lowest BCUT2D eigenvalue weighted by Crippen LogP contribution is -2.51. The summed E-state index contributed by atoms with van der Waals surface area (Å²) < 4.78 is 6.36. The normalized spacial score (nSPS) is 13.3. The number of carbonyl (C=O) groups is 2. The number of amides is 1. The van der Waals surface area contributed by atoms with Crippen molar-refractivity contribution >= 4 is 27.8 Å². The molecule has 1 unspecified atom stereocenters. The van der Waals surface area contributed by atoms with Crippen molar-refractivity contribution in [3.63, 3.8) is 0 Å². The Morgan fingerprint density at radius 3 is 2.45 bits per heavy atom. The summed E-state index contributed by atoms with van der Waals surface area (Å²) in [5.74, 6) is -0.714. The molecule has 0 aliphatic heterocycles. The Labute approximate surface area is 126 Å². The van der Waals surface area contributed by atoms with Gasteiger partial charge in [0.1, 0.15) is 11.3 Å². The quantitative estimate of drug-likeness (QED) is 0.797. The Kier molecular flexibility index (Phi) is 6.01. The summed E-state index contributed by atoms with van der Waals surface area (Å²) in [6, 6.07) is 7.26. The molecule has 1 aromatic rings. The van der Waals surface area contributed by atoms with Crippen molar-refractivity contribution in [1.29, 1.82) is 0 Å². The van der Waals surface area contributed by atoms with Crippen LogP contribution < -0.4 is 10.1 Å². The zero-order valence-electron chi connectivity index (χ0n) is 11.5. The van der Waals surface area contributed by atoms with Crippen LogP contribution in [-0.4, -0.2) is 29.1 Å². The maximum absolute atomic E-state index is 11.7. The third kappa shape index (κ3) is 4.85. The summed E-state index contributed by atoms with van der Waals surface area (Å²) in [5.41, 5.74) is -1.23. The zero-order valence-corrected chi connectivity index (χ0v) is 13.1. The fourth-order valence-electron chi connectivity index (χ4n) is 1.46. The Hall–Kier alpha value is -1.56. The molecule has 0 aliphatic rings. The molecule has 0 fully saturated rings. The molecule has 110 valence electrons. The molecular weight excluding hydrogens is 326 g/mol. The van der Waals surface area contributed by atoms with Gasteiger partial charge in [-0.15, -0.1) is 0 Å². The number of hydrogen-bond donors (Lipinski definition) is 2. The largest absolute Gasteiger partial charge is 0.493 e. The Balaban J connectivity index is 2.40. The van der Waals surface area contributed by atoms with Gasteiger partial charge in [-0.2, -0.15) is 0 Å². The number of hydrogen-bond acceptors (Lipinski definition) is 3. The van der Waals surface area contributed by atoms with Gasteiger partial charge in [-0.05, 0) is 37.6 Å². The van der Waals surface area contributed by atoms with Crippen LogP contribution in [0.4, 0.5) is 0 Å². The number of rotatable bonds is 7. The second kappa shape index (κ2) is 7.28. The molecule has 1 aromatic carbocycles. The summed E-state index contributed by atoms with van der Waals surface area (Å²) in [4.78, 5) is 22.8. The minimum absolute atomic E-state index is 0.110. The Morgan fingerprint density at radius 2 is 1.95 bits per heavy atom. The zero-order chi connectivity index (χ0) is 15.2. The number of carboxylic acids is 1. The van der Waals surface area contributed by atoms with Crippen LogP contribution >= 0.6 is 15.9 Å². The first kappa shape index (κ1) is 16.5. The maximum Gasteiger partial charge on any atom is 0.329 e. The van der Waals surface area contributed by atoms with Gasteiger partial charge in [0.2, 0.25) is 5.91 Å². The minimum atomic E-state index is -1.23. The highest BCUT2D eigenvalue weighted by Gasteiger charge is 2.32. The van der Waals surface area contributed by atoms with E-state index < -0.39 is 11.5 Å². The third-order valence-corrected chi connectivity index (χ3v) is 3.53. The van der Waals surface area contributed by atoms with Crippen LogP contribution in [0.2, 0.25) is 0 Å². The summed E-state index contributed by atoms with van der Waals surface area (Å²) >= 11 is 3.32. The van der Waals surface area contributed by atoms with Gasteiger partial charge >= 0.3 is 5.97 Å². The van der Waals surface area contributed by atoms with Crippen molar-refractivity contribution in [3.8, 4) is 5.75 Å². The van der Waals surface area contributed by atoms with Crippen molar-refractivity contribution < 1.29 is 19.4 Å². The van der Waals surface area contributed by atoms with Gasteiger partial charge in [-0.25, -0.2) is 4.79 Å². The predicted molar refractivity (Wildman–Crippen MR) is 78.7 cm³/mol. The van der Waals surface area contributed by atoms with Crippen molar-refractivity contribution in [1.82, 2.24) is 5.32 Å². The second-order valence-corrected chi connectivity index (χ2v) is 5.51. The highest BCUT2D eigenvalue weighted by Crippen LogP contribution is 2.16. The molecule has 5 nitrogen and oxygen atoms in total. The molecule has 0 aliphatic carbocycles. The summed E-state index contributed by atoms with van der Waals surface area (Å²) in [5, 5.41) is 11.6. The van der Waals surface area contributed by atoms with Crippen LogP contribution in [-0.2, 0) is 9.59 Å². The fourth-order valence-corrected chi connectivity index (χ4v) is 1.72.